The number of nitrogens with one attached hydrogen (secondary N) is 1. The molecule has 4 aliphatic carbocycles. The van der Waals surface area contributed by atoms with Gasteiger partial charge in [-0.15, -0.1) is 6.58 Å². The number of carbonyl (C=O) groups is 1. The number of anilines is 1. The van der Waals surface area contributed by atoms with E-state index in [1.807, 2.05) is 19.1 Å². The summed E-state index contributed by atoms with van der Waals surface area (Å²) in [4.78, 5) is 12.1. The van der Waals surface area contributed by atoms with Gasteiger partial charge in [0.15, 0.2) is 13.1 Å². The number of aromatic carboxylic acids is 1. The minimum absolute atomic E-state index is 0.0968. The Hall–Kier alpha value is -2.74. The molecule has 2 N–H and O–H groups in total. The van der Waals surface area contributed by atoms with E-state index < -0.39 is 5.97 Å². The van der Waals surface area contributed by atoms with Crippen molar-refractivity contribution in [3.63, 3.8) is 0 Å². The molecule has 202 valence electrons. The molecule has 4 saturated carbocycles. The molecule has 0 radical (unpaired) electrons. The lowest BCUT2D eigenvalue weighted by Crippen LogP contribution is -2.48. The van der Waals surface area contributed by atoms with Gasteiger partial charge in [-0.3, -0.25) is 0 Å². The van der Waals surface area contributed by atoms with Crippen molar-refractivity contribution < 1.29 is 24.1 Å². The van der Waals surface area contributed by atoms with Crippen molar-refractivity contribution in [1.29, 1.82) is 0 Å². The third-order valence-electron chi connectivity index (χ3n) is 8.66. The molecule has 0 aromatic heterocycles. The van der Waals surface area contributed by atoms with Crippen molar-refractivity contribution in [2.75, 3.05) is 19.2 Å². The highest BCUT2D eigenvalue weighted by atomic mass is 32.1. The first-order chi connectivity index (χ1) is 18.3. The normalized spacial score (nSPS) is 26.1. The minimum Gasteiger partial charge on any atom is -0.478 e. The lowest BCUT2D eigenvalue weighted by molar-refractivity contribution is -0.150. The van der Waals surface area contributed by atoms with Crippen molar-refractivity contribution in [2.45, 2.75) is 63.6 Å². The average Bonchev–Trinajstić information content (AvgIpc) is 2.88. The molecule has 7 heteroatoms. The molecule has 6 nitrogen and oxygen atoms in total. The van der Waals surface area contributed by atoms with Crippen LogP contribution in [0.5, 0.6) is 5.75 Å². The fraction of sp³-hybridized carbons (Fsp3) is 0.484. The Morgan fingerprint density at radius 1 is 1.16 bits per heavy atom. The molecule has 1 unspecified atom stereocenters. The van der Waals surface area contributed by atoms with Gasteiger partial charge >= 0.3 is 5.97 Å². The quantitative estimate of drug-likeness (QED) is 0.188. The van der Waals surface area contributed by atoms with E-state index in [0.29, 0.717) is 17.0 Å². The molecule has 1 atom stereocenters. The minimum atomic E-state index is -0.956. The summed E-state index contributed by atoms with van der Waals surface area (Å²) < 4.78 is 17.2. The summed E-state index contributed by atoms with van der Waals surface area (Å²) in [6.45, 7) is 5.69. The molecule has 4 fully saturated rings. The maximum Gasteiger partial charge on any atom is 0.335 e. The van der Waals surface area contributed by atoms with Crippen LogP contribution in [-0.4, -0.2) is 36.3 Å². The highest BCUT2D eigenvalue weighted by Crippen LogP contribution is 2.61. The molecule has 2 aromatic carbocycles. The van der Waals surface area contributed by atoms with Crippen LogP contribution in [0.3, 0.4) is 0 Å². The highest BCUT2D eigenvalue weighted by molar-refractivity contribution is 7.81. The topological polar surface area (TPSA) is 77.0 Å². The van der Waals surface area contributed by atoms with Crippen LogP contribution in [0.1, 0.15) is 72.5 Å². The van der Waals surface area contributed by atoms with E-state index >= 15 is 0 Å². The molecule has 38 heavy (non-hydrogen) atoms. The molecule has 2 aromatic rings. The first-order valence-electron chi connectivity index (χ1n) is 13.5. The Bertz CT molecular complexity index is 1190. The number of carboxylic acid groups (broad SMARTS) is 1. The SMILES string of the molecule is C=CCc1cc(NC(=S)c2ccc(C34CC5CC(CC(C5)C3)C4)c(OCOC(C)OC)c2)ccc1C(=O)O. The van der Waals surface area contributed by atoms with E-state index in [2.05, 4.69) is 24.0 Å². The predicted molar refractivity (Wildman–Crippen MR) is 152 cm³/mol. The van der Waals surface area contributed by atoms with Gasteiger partial charge in [-0.25, -0.2) is 4.79 Å². The number of methoxy groups -OCH3 is 1. The monoisotopic (exact) mass is 535 g/mol. The molecule has 0 aliphatic heterocycles. The number of ether oxygens (including phenoxy) is 3. The van der Waals surface area contributed by atoms with Crippen LogP contribution >= 0.6 is 12.2 Å². The fourth-order valence-corrected chi connectivity index (χ4v) is 7.58. The van der Waals surface area contributed by atoms with Gasteiger partial charge in [0, 0.05) is 23.9 Å². The molecule has 4 bridgehead atoms. The molecule has 6 rings (SSSR count). The van der Waals surface area contributed by atoms with E-state index in [-0.39, 0.29) is 24.1 Å². The number of benzene rings is 2. The molecule has 0 saturated heterocycles. The Balaban J connectivity index is 1.41. The van der Waals surface area contributed by atoms with Crippen molar-refractivity contribution in [3.8, 4) is 5.75 Å². The van der Waals surface area contributed by atoms with Gasteiger partial charge in [-0.1, -0.05) is 30.4 Å². The van der Waals surface area contributed by atoms with E-state index in [1.165, 1.54) is 44.1 Å². The number of thiocarbonyl (C=S) groups is 1. The summed E-state index contributed by atoms with van der Waals surface area (Å²) in [6.07, 6.45) is 9.63. The second-order valence-corrected chi connectivity index (χ2v) is 11.7. The van der Waals surface area contributed by atoms with Crippen molar-refractivity contribution >= 4 is 28.9 Å². The summed E-state index contributed by atoms with van der Waals surface area (Å²) in [5, 5.41) is 12.8. The lowest BCUT2D eigenvalue weighted by atomic mass is 9.48. The van der Waals surface area contributed by atoms with Crippen molar-refractivity contribution in [3.05, 3.63) is 71.3 Å². The maximum atomic E-state index is 11.6. The van der Waals surface area contributed by atoms with Crippen LogP contribution in [0.15, 0.2) is 49.1 Å². The largest absolute Gasteiger partial charge is 0.478 e. The second kappa shape index (κ2) is 11.2. The van der Waals surface area contributed by atoms with Crippen LogP contribution in [0, 0.1) is 17.8 Å². The van der Waals surface area contributed by atoms with E-state index in [1.54, 1.807) is 25.3 Å². The molecular weight excluding hydrogens is 498 g/mol. The molecule has 0 heterocycles. The zero-order valence-electron chi connectivity index (χ0n) is 22.2. The van der Waals surface area contributed by atoms with Crippen LogP contribution in [-0.2, 0) is 21.3 Å². The molecule has 0 amide bonds. The Morgan fingerprint density at radius 3 is 2.45 bits per heavy atom. The number of rotatable bonds is 11. The maximum absolute atomic E-state index is 11.6. The second-order valence-electron chi connectivity index (χ2n) is 11.3. The predicted octanol–water partition coefficient (Wildman–Crippen LogP) is 6.71. The average molecular weight is 536 g/mol. The van der Waals surface area contributed by atoms with Gasteiger partial charge in [0.25, 0.3) is 0 Å². The van der Waals surface area contributed by atoms with Gasteiger partial charge < -0.3 is 24.6 Å². The lowest BCUT2D eigenvalue weighted by Gasteiger charge is -2.57. The Labute approximate surface area is 230 Å². The zero-order chi connectivity index (χ0) is 26.9. The molecule has 4 aliphatic rings. The third kappa shape index (κ3) is 5.51. The number of carboxylic acids is 1. The van der Waals surface area contributed by atoms with Crippen molar-refractivity contribution in [2.24, 2.45) is 17.8 Å². The van der Waals surface area contributed by atoms with Gasteiger partial charge in [-0.2, -0.15) is 0 Å². The number of allylic oxidation sites excluding steroid dienone is 1. The summed E-state index contributed by atoms with van der Waals surface area (Å²) in [7, 11) is 1.61. The molecule has 0 spiro atoms. The van der Waals surface area contributed by atoms with Gasteiger partial charge in [0.05, 0.1) is 5.56 Å². The highest BCUT2D eigenvalue weighted by Gasteiger charge is 2.52. The third-order valence-corrected chi connectivity index (χ3v) is 9.00. The van der Waals surface area contributed by atoms with Gasteiger partial charge in [0.2, 0.25) is 0 Å². The summed E-state index contributed by atoms with van der Waals surface area (Å²) in [5.74, 6) is 2.33. The first kappa shape index (κ1) is 26.9. The van der Waals surface area contributed by atoms with E-state index in [4.69, 9.17) is 26.4 Å². The van der Waals surface area contributed by atoms with Gasteiger partial charge in [-0.05, 0) is 105 Å². The standard InChI is InChI=1S/C31H37NO5S/c1-4-5-23-13-25(7-8-26(23)30(33)34)32-29(38)24-6-9-27(28(14-24)37-18-36-19(2)35-3)31-15-20-10-21(16-31)12-22(11-20)17-31/h4,6-9,13-14,19-22H,1,5,10-12,15-18H2,2-3H3,(H,32,38)(H,33,34). The zero-order valence-corrected chi connectivity index (χ0v) is 23.0. The van der Waals surface area contributed by atoms with Crippen LogP contribution in [0.4, 0.5) is 5.69 Å². The van der Waals surface area contributed by atoms with Crippen LogP contribution in [0.25, 0.3) is 0 Å². The van der Waals surface area contributed by atoms with E-state index in [9.17, 15) is 9.90 Å². The fourth-order valence-electron chi connectivity index (χ4n) is 7.33. The van der Waals surface area contributed by atoms with Crippen LogP contribution in [0.2, 0.25) is 0 Å². The number of hydrogen-bond acceptors (Lipinski definition) is 5. The smallest absolute Gasteiger partial charge is 0.335 e. The molecular formula is C31H37NO5S. The Morgan fingerprint density at radius 2 is 1.84 bits per heavy atom. The number of hydrogen-bond donors (Lipinski definition) is 2. The summed E-state index contributed by atoms with van der Waals surface area (Å²) in [5.41, 5.74) is 3.97. The van der Waals surface area contributed by atoms with Gasteiger partial charge in [0.1, 0.15) is 10.7 Å². The Kier molecular flexibility index (Phi) is 7.89. The summed E-state index contributed by atoms with van der Waals surface area (Å²) in [6, 6.07) is 11.5. The first-order valence-corrected chi connectivity index (χ1v) is 13.9. The summed E-state index contributed by atoms with van der Waals surface area (Å²) >= 11 is 5.78. The van der Waals surface area contributed by atoms with E-state index in [0.717, 1.165) is 34.8 Å². The van der Waals surface area contributed by atoms with Crippen LogP contribution < -0.4 is 10.1 Å². The van der Waals surface area contributed by atoms with Crippen molar-refractivity contribution in [1.82, 2.24) is 0 Å².